The fourth-order valence-corrected chi connectivity index (χ4v) is 2.80. The van der Waals surface area contributed by atoms with Crippen LogP contribution in [0, 0.1) is 5.92 Å². The van der Waals surface area contributed by atoms with Gasteiger partial charge >= 0.3 is 0 Å². The number of hydrogen-bond acceptors (Lipinski definition) is 5. The minimum Gasteiger partial charge on any atom is -0.421 e. The Morgan fingerprint density at radius 1 is 1.27 bits per heavy atom. The Morgan fingerprint density at radius 3 is 2.82 bits per heavy atom. The highest BCUT2D eigenvalue weighted by Crippen LogP contribution is 2.23. The molecular weight excluding hydrogens is 276 g/mol. The van der Waals surface area contributed by atoms with Gasteiger partial charge in [0.05, 0.1) is 0 Å². The minimum absolute atomic E-state index is 0.597. The lowest BCUT2D eigenvalue weighted by Gasteiger charge is -2.29. The van der Waals surface area contributed by atoms with Crippen molar-refractivity contribution in [3.05, 3.63) is 30.2 Å². The quantitative estimate of drug-likeness (QED) is 0.919. The molecule has 3 rings (SSSR count). The molecule has 0 spiro atoms. The maximum absolute atomic E-state index is 5.62. The summed E-state index contributed by atoms with van der Waals surface area (Å²) < 4.78 is 5.62. The number of nitrogens with zero attached hydrogens (tertiary/aromatic N) is 3. The van der Waals surface area contributed by atoms with Gasteiger partial charge in [-0.25, -0.2) is 0 Å². The molecule has 1 aromatic carbocycles. The fraction of sp³-hybridized carbons (Fsp3) is 0.529. The average molecular weight is 300 g/mol. The molecule has 0 radical (unpaired) electrons. The van der Waals surface area contributed by atoms with Gasteiger partial charge < -0.3 is 14.6 Å². The first-order valence-corrected chi connectivity index (χ1v) is 8.10. The summed E-state index contributed by atoms with van der Waals surface area (Å²) in [6.07, 6.45) is 3.31. The van der Waals surface area contributed by atoms with Gasteiger partial charge in [0.25, 0.3) is 0 Å². The molecule has 1 fully saturated rings. The van der Waals surface area contributed by atoms with Crippen molar-refractivity contribution in [3.63, 3.8) is 0 Å². The summed E-state index contributed by atoms with van der Waals surface area (Å²) in [7, 11) is 2.20. The molecule has 0 bridgehead atoms. The van der Waals surface area contributed by atoms with Crippen molar-refractivity contribution in [1.29, 1.82) is 0 Å². The highest BCUT2D eigenvalue weighted by atomic mass is 16.4. The second kappa shape index (κ2) is 6.92. The molecular formula is C17H24N4O. The molecule has 5 nitrogen and oxygen atoms in total. The summed E-state index contributed by atoms with van der Waals surface area (Å²) in [5.41, 5.74) is 2.09. The zero-order valence-corrected chi connectivity index (χ0v) is 13.4. The molecule has 0 unspecified atom stereocenters. The predicted molar refractivity (Wildman–Crippen MR) is 87.8 cm³/mol. The van der Waals surface area contributed by atoms with E-state index < -0.39 is 0 Å². The Balaban J connectivity index is 1.61. The number of anilines is 1. The van der Waals surface area contributed by atoms with Crippen LogP contribution in [0.25, 0.3) is 11.5 Å². The molecule has 118 valence electrons. The first-order valence-electron chi connectivity index (χ1n) is 8.10. The zero-order chi connectivity index (χ0) is 15.4. The molecule has 1 aromatic heterocycles. The number of rotatable bonds is 5. The van der Waals surface area contributed by atoms with Crippen LogP contribution in [0.1, 0.15) is 25.7 Å². The summed E-state index contributed by atoms with van der Waals surface area (Å²) >= 11 is 0. The topological polar surface area (TPSA) is 54.2 Å². The largest absolute Gasteiger partial charge is 0.421 e. The van der Waals surface area contributed by atoms with Gasteiger partial charge in [-0.2, -0.15) is 0 Å². The van der Waals surface area contributed by atoms with Gasteiger partial charge in [-0.05, 0) is 57.1 Å². The Kier molecular flexibility index (Phi) is 4.73. The Bertz CT molecular complexity index is 602. The normalized spacial score (nSPS) is 16.8. The van der Waals surface area contributed by atoms with Crippen LogP contribution in [-0.4, -0.2) is 41.8 Å². The van der Waals surface area contributed by atoms with Crippen LogP contribution in [0.15, 0.2) is 28.7 Å². The summed E-state index contributed by atoms with van der Waals surface area (Å²) in [6.45, 7) is 5.44. The van der Waals surface area contributed by atoms with E-state index in [1.165, 1.54) is 25.9 Å². The van der Waals surface area contributed by atoms with E-state index >= 15 is 0 Å². The summed E-state index contributed by atoms with van der Waals surface area (Å²) in [4.78, 5) is 2.40. The van der Waals surface area contributed by atoms with Crippen LogP contribution >= 0.6 is 0 Å². The zero-order valence-electron chi connectivity index (χ0n) is 13.4. The van der Waals surface area contributed by atoms with Crippen molar-refractivity contribution in [3.8, 4) is 11.5 Å². The SMILES string of the molecule is CCc1nnc(-c2cccc(NCC3CCN(C)CC3)c2)o1. The van der Waals surface area contributed by atoms with E-state index in [9.17, 15) is 0 Å². The van der Waals surface area contributed by atoms with Crippen LogP contribution in [-0.2, 0) is 6.42 Å². The Labute approximate surface area is 131 Å². The van der Waals surface area contributed by atoms with Gasteiger partial charge in [0, 0.05) is 24.2 Å². The van der Waals surface area contributed by atoms with Gasteiger partial charge in [-0.3, -0.25) is 0 Å². The Morgan fingerprint density at radius 2 is 2.09 bits per heavy atom. The fourth-order valence-electron chi connectivity index (χ4n) is 2.80. The summed E-state index contributed by atoms with van der Waals surface area (Å²) in [5.74, 6) is 2.04. The van der Waals surface area contributed by atoms with E-state index in [-0.39, 0.29) is 0 Å². The van der Waals surface area contributed by atoms with E-state index in [2.05, 4.69) is 39.6 Å². The van der Waals surface area contributed by atoms with Gasteiger partial charge in [0.2, 0.25) is 11.8 Å². The third-order valence-electron chi connectivity index (χ3n) is 4.31. The standard InChI is InChI=1S/C17H24N4O/c1-3-16-19-20-17(22-16)14-5-4-6-15(11-14)18-12-13-7-9-21(2)10-8-13/h4-6,11,13,18H,3,7-10,12H2,1-2H3. The third kappa shape index (κ3) is 3.65. The van der Waals surface area contributed by atoms with Crippen molar-refractivity contribution >= 4 is 5.69 Å². The van der Waals surface area contributed by atoms with Crippen molar-refractivity contribution in [1.82, 2.24) is 15.1 Å². The highest BCUT2D eigenvalue weighted by Gasteiger charge is 2.16. The minimum atomic E-state index is 0.597. The van der Waals surface area contributed by atoms with E-state index in [1.807, 2.05) is 19.1 Å². The number of nitrogens with one attached hydrogen (secondary N) is 1. The van der Waals surface area contributed by atoms with Gasteiger partial charge in [-0.1, -0.05) is 13.0 Å². The Hall–Kier alpha value is -1.88. The van der Waals surface area contributed by atoms with Crippen molar-refractivity contribution in [2.24, 2.45) is 5.92 Å². The molecule has 0 atom stereocenters. The second-order valence-electron chi connectivity index (χ2n) is 6.06. The van der Waals surface area contributed by atoms with Crippen LogP contribution in [0.4, 0.5) is 5.69 Å². The van der Waals surface area contributed by atoms with Crippen LogP contribution in [0.2, 0.25) is 0 Å². The molecule has 0 amide bonds. The molecule has 0 saturated carbocycles. The van der Waals surface area contributed by atoms with Crippen molar-refractivity contribution < 1.29 is 4.42 Å². The third-order valence-corrected chi connectivity index (χ3v) is 4.31. The maximum Gasteiger partial charge on any atom is 0.247 e. The molecule has 22 heavy (non-hydrogen) atoms. The molecule has 5 heteroatoms. The van der Waals surface area contributed by atoms with E-state index in [0.717, 1.165) is 30.1 Å². The average Bonchev–Trinajstić information content (AvgIpc) is 3.04. The molecule has 1 aliphatic heterocycles. The lowest BCUT2D eigenvalue weighted by Crippen LogP contribution is -2.32. The smallest absolute Gasteiger partial charge is 0.247 e. The lowest BCUT2D eigenvalue weighted by atomic mass is 9.97. The summed E-state index contributed by atoms with van der Waals surface area (Å²) in [5, 5.41) is 11.7. The molecule has 2 heterocycles. The molecule has 0 aliphatic carbocycles. The monoisotopic (exact) mass is 300 g/mol. The predicted octanol–water partition coefficient (Wildman–Crippen LogP) is 3.05. The number of aromatic nitrogens is 2. The van der Waals surface area contributed by atoms with E-state index in [4.69, 9.17) is 4.42 Å². The van der Waals surface area contributed by atoms with Gasteiger partial charge in [0.1, 0.15) is 0 Å². The molecule has 1 saturated heterocycles. The van der Waals surface area contributed by atoms with Crippen LogP contribution in [0.3, 0.4) is 0 Å². The van der Waals surface area contributed by atoms with Gasteiger partial charge in [0.15, 0.2) is 0 Å². The highest BCUT2D eigenvalue weighted by molar-refractivity contribution is 5.60. The second-order valence-corrected chi connectivity index (χ2v) is 6.06. The van der Waals surface area contributed by atoms with Crippen molar-refractivity contribution in [2.45, 2.75) is 26.2 Å². The number of aryl methyl sites for hydroxylation is 1. The maximum atomic E-state index is 5.62. The molecule has 1 aliphatic rings. The number of hydrogen-bond donors (Lipinski definition) is 1. The number of piperidine rings is 1. The van der Waals surface area contributed by atoms with E-state index in [1.54, 1.807) is 0 Å². The molecule has 1 N–H and O–H groups in total. The van der Waals surface area contributed by atoms with Crippen molar-refractivity contribution in [2.75, 3.05) is 32.0 Å². The number of likely N-dealkylation sites (tertiary alicyclic amines) is 1. The van der Waals surface area contributed by atoms with Gasteiger partial charge in [-0.15, -0.1) is 10.2 Å². The molecule has 2 aromatic rings. The first kappa shape index (κ1) is 15.0. The van der Waals surface area contributed by atoms with Crippen LogP contribution in [0.5, 0.6) is 0 Å². The lowest BCUT2D eigenvalue weighted by molar-refractivity contribution is 0.226. The number of benzene rings is 1. The van der Waals surface area contributed by atoms with E-state index in [0.29, 0.717) is 11.8 Å². The van der Waals surface area contributed by atoms with Crippen LogP contribution < -0.4 is 5.32 Å². The summed E-state index contributed by atoms with van der Waals surface area (Å²) in [6, 6.07) is 8.22. The first-order chi connectivity index (χ1) is 10.7.